The van der Waals surface area contributed by atoms with Crippen molar-refractivity contribution in [3.8, 4) is 6.07 Å². The van der Waals surface area contributed by atoms with Gasteiger partial charge in [-0.1, -0.05) is 12.1 Å². The number of anilines is 1. The Bertz CT molecular complexity index is 509. The zero-order valence-corrected chi connectivity index (χ0v) is 10.4. The van der Waals surface area contributed by atoms with Crippen LogP contribution in [-0.2, 0) is 4.57 Å². The van der Waals surface area contributed by atoms with Gasteiger partial charge in [0.05, 0.1) is 0 Å². The van der Waals surface area contributed by atoms with Crippen LogP contribution in [0.5, 0.6) is 0 Å². The summed E-state index contributed by atoms with van der Waals surface area (Å²) in [5.41, 5.74) is 1.55. The molecule has 1 aromatic rings. The maximum absolute atomic E-state index is 10.9. The second-order valence-corrected chi connectivity index (χ2v) is 5.24. The second-order valence-electron chi connectivity index (χ2n) is 3.67. The van der Waals surface area contributed by atoms with E-state index in [1.807, 2.05) is 19.0 Å². The number of nitrogens with zero attached hydrogens (tertiary/aromatic N) is 2. The van der Waals surface area contributed by atoms with E-state index in [0.717, 1.165) is 5.69 Å². The number of rotatable bonds is 3. The summed E-state index contributed by atoms with van der Waals surface area (Å²) in [7, 11) is -0.703. The molecule has 1 aromatic carbocycles. The molecule has 0 spiro atoms. The van der Waals surface area contributed by atoms with Gasteiger partial charge in [-0.15, -0.1) is 0 Å². The molecule has 0 unspecified atom stereocenters. The highest BCUT2D eigenvalue weighted by molar-refractivity contribution is 7.57. The molecular formula is C11H13N2O3P. The van der Waals surface area contributed by atoms with Crippen molar-refractivity contribution < 1.29 is 14.4 Å². The topological polar surface area (TPSA) is 84.6 Å². The van der Waals surface area contributed by atoms with Crippen LogP contribution < -0.4 is 4.90 Å². The van der Waals surface area contributed by atoms with Crippen molar-refractivity contribution >= 4 is 19.4 Å². The molecule has 17 heavy (non-hydrogen) atoms. The van der Waals surface area contributed by atoms with E-state index < -0.39 is 12.9 Å². The minimum Gasteiger partial charge on any atom is -0.378 e. The Morgan fingerprint density at radius 2 is 1.88 bits per heavy atom. The lowest BCUT2D eigenvalue weighted by Gasteiger charge is -2.11. The van der Waals surface area contributed by atoms with Crippen molar-refractivity contribution in [2.24, 2.45) is 0 Å². The summed E-state index contributed by atoms with van der Waals surface area (Å²) in [6.07, 6.45) is 1.19. The van der Waals surface area contributed by atoms with E-state index in [1.165, 1.54) is 12.1 Å². The number of hydrogen-bond donors (Lipinski definition) is 2. The van der Waals surface area contributed by atoms with Crippen LogP contribution in [0.3, 0.4) is 0 Å². The van der Waals surface area contributed by atoms with Crippen LogP contribution in [0.25, 0.3) is 6.08 Å². The van der Waals surface area contributed by atoms with Crippen LogP contribution in [0, 0.1) is 11.3 Å². The monoisotopic (exact) mass is 252 g/mol. The van der Waals surface area contributed by atoms with Crippen LogP contribution in [0.15, 0.2) is 29.6 Å². The Balaban J connectivity index is 3.07. The standard InChI is InChI=1S/C11H13N2O3P/c1-13(2)10-5-3-9(4-6-10)7-11(8-12)17(14,15)16/h3-7H,1-2H3,(H2,14,15,16)/b11-7+. The summed E-state index contributed by atoms with van der Waals surface area (Å²) in [5.74, 6) is 0. The second kappa shape index (κ2) is 5.15. The number of nitriles is 1. The highest BCUT2D eigenvalue weighted by Crippen LogP contribution is 2.45. The fraction of sp³-hybridized carbons (Fsp3) is 0.182. The van der Waals surface area contributed by atoms with Gasteiger partial charge in [-0.3, -0.25) is 4.57 Å². The Morgan fingerprint density at radius 1 is 1.35 bits per heavy atom. The van der Waals surface area contributed by atoms with Crippen LogP contribution in [0.2, 0.25) is 0 Å². The van der Waals surface area contributed by atoms with E-state index in [-0.39, 0.29) is 0 Å². The van der Waals surface area contributed by atoms with Crippen molar-refractivity contribution in [3.05, 3.63) is 35.1 Å². The first-order chi connectivity index (χ1) is 7.84. The largest absolute Gasteiger partial charge is 0.378 e. The van der Waals surface area contributed by atoms with Crippen molar-refractivity contribution in [2.45, 2.75) is 0 Å². The van der Waals surface area contributed by atoms with E-state index in [2.05, 4.69) is 0 Å². The van der Waals surface area contributed by atoms with Gasteiger partial charge in [-0.05, 0) is 23.8 Å². The lowest BCUT2D eigenvalue weighted by molar-refractivity contribution is 0.384. The summed E-state index contributed by atoms with van der Waals surface area (Å²) < 4.78 is 10.9. The van der Waals surface area contributed by atoms with Crippen molar-refractivity contribution in [1.82, 2.24) is 0 Å². The van der Waals surface area contributed by atoms with E-state index in [0.29, 0.717) is 5.56 Å². The van der Waals surface area contributed by atoms with E-state index >= 15 is 0 Å². The molecule has 0 heterocycles. The predicted octanol–water partition coefficient (Wildman–Crippen LogP) is 1.79. The Kier molecular flexibility index (Phi) is 4.08. The van der Waals surface area contributed by atoms with Gasteiger partial charge in [0.25, 0.3) is 0 Å². The quantitative estimate of drug-likeness (QED) is 0.632. The highest BCUT2D eigenvalue weighted by atomic mass is 31.2. The molecule has 6 heteroatoms. The highest BCUT2D eigenvalue weighted by Gasteiger charge is 2.20. The minimum atomic E-state index is -4.48. The molecule has 1 rings (SSSR count). The zero-order valence-electron chi connectivity index (χ0n) is 9.53. The Labute approximate surface area is 99.8 Å². The zero-order chi connectivity index (χ0) is 13.1. The van der Waals surface area contributed by atoms with Crippen molar-refractivity contribution in [1.29, 1.82) is 5.26 Å². The smallest absolute Gasteiger partial charge is 0.366 e. The lowest BCUT2D eigenvalue weighted by Crippen LogP contribution is -2.07. The fourth-order valence-electron chi connectivity index (χ4n) is 1.21. The number of hydrogen-bond acceptors (Lipinski definition) is 3. The summed E-state index contributed by atoms with van der Waals surface area (Å²) in [5, 5.41) is 8.11. The first kappa shape index (κ1) is 13.5. The maximum atomic E-state index is 10.9. The first-order valence-electron chi connectivity index (χ1n) is 4.80. The fourth-order valence-corrected chi connectivity index (χ4v) is 1.66. The Morgan fingerprint density at radius 3 is 2.24 bits per heavy atom. The van der Waals surface area contributed by atoms with E-state index in [1.54, 1.807) is 24.3 Å². The molecule has 0 radical (unpaired) electrons. The summed E-state index contributed by atoms with van der Waals surface area (Å²) in [6.45, 7) is 0. The van der Waals surface area contributed by atoms with Gasteiger partial charge in [0.2, 0.25) is 0 Å². The predicted molar refractivity (Wildman–Crippen MR) is 66.4 cm³/mol. The summed E-state index contributed by atoms with van der Waals surface area (Å²) >= 11 is 0. The molecule has 0 fully saturated rings. The van der Waals surface area contributed by atoms with Gasteiger partial charge >= 0.3 is 7.60 Å². The third-order valence-electron chi connectivity index (χ3n) is 2.14. The average molecular weight is 252 g/mol. The van der Waals surface area contributed by atoms with Crippen molar-refractivity contribution in [2.75, 3.05) is 19.0 Å². The third-order valence-corrected chi connectivity index (χ3v) is 3.00. The molecule has 5 nitrogen and oxygen atoms in total. The lowest BCUT2D eigenvalue weighted by atomic mass is 10.2. The van der Waals surface area contributed by atoms with Crippen LogP contribution in [0.4, 0.5) is 5.69 Å². The minimum absolute atomic E-state index is 0.532. The normalized spacial score (nSPS) is 12.1. The van der Waals surface area contributed by atoms with Crippen molar-refractivity contribution in [3.63, 3.8) is 0 Å². The molecule has 0 atom stereocenters. The SMILES string of the molecule is CN(C)c1ccc(/C=C(\C#N)P(=O)(O)O)cc1. The molecule has 0 aromatic heterocycles. The Hall–Kier alpha value is -1.60. The van der Waals surface area contributed by atoms with E-state index in [9.17, 15) is 4.57 Å². The maximum Gasteiger partial charge on any atom is 0.366 e. The van der Waals surface area contributed by atoms with Gasteiger partial charge < -0.3 is 14.7 Å². The van der Waals surface area contributed by atoms with E-state index in [4.69, 9.17) is 15.0 Å². The third kappa shape index (κ3) is 3.72. The molecule has 0 saturated carbocycles. The number of benzene rings is 1. The molecule has 0 saturated heterocycles. The summed E-state index contributed by atoms with van der Waals surface area (Å²) in [6, 6.07) is 8.52. The molecule has 0 amide bonds. The van der Waals surface area contributed by atoms with Gasteiger partial charge in [-0.25, -0.2) is 0 Å². The molecule has 0 aliphatic heterocycles. The number of allylic oxidation sites excluding steroid dienone is 1. The van der Waals surface area contributed by atoms with Gasteiger partial charge in [-0.2, -0.15) is 5.26 Å². The van der Waals surface area contributed by atoms with Gasteiger partial charge in [0.15, 0.2) is 0 Å². The molecule has 0 aliphatic carbocycles. The van der Waals surface area contributed by atoms with Gasteiger partial charge in [0.1, 0.15) is 11.4 Å². The van der Waals surface area contributed by atoms with Crippen LogP contribution in [0.1, 0.15) is 5.56 Å². The molecule has 2 N–H and O–H groups in total. The molecule has 90 valence electrons. The molecule has 0 bridgehead atoms. The van der Waals surface area contributed by atoms with Gasteiger partial charge in [0, 0.05) is 19.8 Å². The summed E-state index contributed by atoms with van der Waals surface area (Å²) in [4.78, 5) is 19.7. The molecule has 0 aliphatic rings. The average Bonchev–Trinajstić information content (AvgIpc) is 2.24. The molecular weight excluding hydrogens is 239 g/mol. The first-order valence-corrected chi connectivity index (χ1v) is 6.41. The van der Waals surface area contributed by atoms with Crippen LogP contribution >= 0.6 is 7.60 Å². The van der Waals surface area contributed by atoms with Crippen LogP contribution in [-0.4, -0.2) is 23.9 Å².